The van der Waals surface area contributed by atoms with E-state index in [1.54, 1.807) is 36.4 Å². The summed E-state index contributed by atoms with van der Waals surface area (Å²) in [6.07, 6.45) is 0.111. The largest absolute Gasteiger partial charge is 0.478 e. The number of hydrogen-bond donors (Lipinski definition) is 3. The van der Waals surface area contributed by atoms with Gasteiger partial charge >= 0.3 is 5.97 Å². The molecule has 3 N–H and O–H groups in total. The monoisotopic (exact) mass is 370 g/mol. The van der Waals surface area contributed by atoms with Crippen LogP contribution in [-0.4, -0.2) is 28.6 Å². The Morgan fingerprint density at radius 2 is 1.63 bits per heavy atom. The Kier molecular flexibility index (Phi) is 7.10. The molecule has 0 aliphatic rings. The molecule has 0 aliphatic carbocycles. The normalized spacial score (nSPS) is 12.0. The highest BCUT2D eigenvalue weighted by Gasteiger charge is 2.15. The van der Waals surface area contributed by atoms with Crippen molar-refractivity contribution in [1.29, 1.82) is 0 Å². The molecule has 0 aromatic heterocycles. The van der Waals surface area contributed by atoms with Crippen LogP contribution in [0.4, 0.5) is 5.69 Å². The van der Waals surface area contributed by atoms with Crippen molar-refractivity contribution in [2.45, 2.75) is 33.3 Å². The second-order valence-electron chi connectivity index (χ2n) is 6.80. The van der Waals surface area contributed by atoms with Gasteiger partial charge in [-0.2, -0.15) is 0 Å². The molecular formula is C21H26N2O4. The maximum absolute atomic E-state index is 12.0. The van der Waals surface area contributed by atoms with E-state index in [2.05, 4.69) is 5.43 Å². The lowest BCUT2D eigenvalue weighted by molar-refractivity contribution is -0.117. The second-order valence-corrected chi connectivity index (χ2v) is 6.80. The SMILES string of the molecule is CC(=O)N(NCCc1ccc(C(=O)O)cc1)c1ccc(C(O)C(C)C)cc1. The van der Waals surface area contributed by atoms with Crippen molar-refractivity contribution in [2.24, 2.45) is 5.92 Å². The van der Waals surface area contributed by atoms with Crippen LogP contribution in [0.15, 0.2) is 48.5 Å². The van der Waals surface area contributed by atoms with Crippen LogP contribution in [0.5, 0.6) is 0 Å². The highest BCUT2D eigenvalue weighted by atomic mass is 16.4. The standard InChI is InChI=1S/C21H26N2O4/c1-14(2)20(25)17-8-10-19(11-9-17)23(15(3)24)22-13-12-16-4-6-18(7-5-16)21(26)27/h4-11,14,20,22,25H,12-13H2,1-3H3,(H,26,27). The predicted octanol–water partition coefficient (Wildman–Crippen LogP) is 3.17. The molecule has 0 radical (unpaired) electrons. The smallest absolute Gasteiger partial charge is 0.335 e. The summed E-state index contributed by atoms with van der Waals surface area (Å²) in [5.41, 5.74) is 5.84. The number of carbonyl (C=O) groups excluding carboxylic acids is 1. The van der Waals surface area contributed by atoms with E-state index in [4.69, 9.17) is 5.11 Å². The molecule has 0 bridgehead atoms. The predicted molar refractivity (Wildman–Crippen MR) is 105 cm³/mol. The first-order valence-corrected chi connectivity index (χ1v) is 8.94. The number of aliphatic hydroxyl groups excluding tert-OH is 1. The summed E-state index contributed by atoms with van der Waals surface area (Å²) < 4.78 is 0. The molecule has 1 atom stereocenters. The highest BCUT2D eigenvalue weighted by Crippen LogP contribution is 2.23. The first-order valence-electron chi connectivity index (χ1n) is 8.94. The lowest BCUT2D eigenvalue weighted by atomic mass is 9.99. The molecule has 144 valence electrons. The highest BCUT2D eigenvalue weighted by molar-refractivity contribution is 5.90. The summed E-state index contributed by atoms with van der Waals surface area (Å²) in [4.78, 5) is 22.9. The van der Waals surface area contributed by atoms with Crippen LogP contribution in [0.1, 0.15) is 48.4 Å². The van der Waals surface area contributed by atoms with Gasteiger partial charge < -0.3 is 10.2 Å². The Hall–Kier alpha value is -2.70. The fourth-order valence-electron chi connectivity index (χ4n) is 2.72. The summed E-state index contributed by atoms with van der Waals surface area (Å²) in [6, 6.07) is 13.9. The third-order valence-electron chi connectivity index (χ3n) is 4.32. The minimum Gasteiger partial charge on any atom is -0.478 e. The zero-order valence-electron chi connectivity index (χ0n) is 15.8. The van der Waals surface area contributed by atoms with Crippen molar-refractivity contribution >= 4 is 17.6 Å². The zero-order chi connectivity index (χ0) is 20.0. The molecule has 27 heavy (non-hydrogen) atoms. The van der Waals surface area contributed by atoms with E-state index in [1.165, 1.54) is 11.9 Å². The van der Waals surface area contributed by atoms with Gasteiger partial charge in [0, 0.05) is 13.5 Å². The van der Waals surface area contributed by atoms with E-state index in [0.717, 1.165) is 11.1 Å². The van der Waals surface area contributed by atoms with Gasteiger partial charge in [0.05, 0.1) is 17.4 Å². The zero-order valence-corrected chi connectivity index (χ0v) is 15.8. The van der Waals surface area contributed by atoms with Crippen molar-refractivity contribution in [2.75, 3.05) is 11.6 Å². The fraction of sp³-hybridized carbons (Fsp3) is 0.333. The van der Waals surface area contributed by atoms with E-state index in [0.29, 0.717) is 18.7 Å². The summed E-state index contributed by atoms with van der Waals surface area (Å²) in [7, 11) is 0. The van der Waals surface area contributed by atoms with Crippen LogP contribution in [-0.2, 0) is 11.2 Å². The van der Waals surface area contributed by atoms with Crippen molar-refractivity contribution in [3.05, 3.63) is 65.2 Å². The number of amides is 1. The molecular weight excluding hydrogens is 344 g/mol. The van der Waals surface area contributed by atoms with Gasteiger partial charge in [-0.3, -0.25) is 4.79 Å². The molecule has 1 amide bonds. The lowest BCUT2D eigenvalue weighted by Gasteiger charge is -2.23. The van der Waals surface area contributed by atoms with Gasteiger partial charge in [-0.1, -0.05) is 38.1 Å². The molecule has 1 unspecified atom stereocenters. The maximum atomic E-state index is 12.0. The minimum absolute atomic E-state index is 0.116. The Balaban J connectivity index is 1.99. The molecule has 0 saturated carbocycles. The summed E-state index contributed by atoms with van der Waals surface area (Å²) >= 11 is 0. The number of carboxylic acid groups (broad SMARTS) is 1. The Morgan fingerprint density at radius 3 is 2.11 bits per heavy atom. The molecule has 6 nitrogen and oxygen atoms in total. The van der Waals surface area contributed by atoms with Crippen molar-refractivity contribution in [3.8, 4) is 0 Å². The third-order valence-corrected chi connectivity index (χ3v) is 4.32. The van der Waals surface area contributed by atoms with Gasteiger partial charge in [0.2, 0.25) is 5.91 Å². The minimum atomic E-state index is -0.950. The Labute approximate surface area is 159 Å². The van der Waals surface area contributed by atoms with Gasteiger partial charge in [-0.05, 0) is 47.7 Å². The first-order chi connectivity index (χ1) is 12.8. The molecule has 0 spiro atoms. The summed E-state index contributed by atoms with van der Waals surface area (Å²) in [6.45, 7) is 5.89. The Morgan fingerprint density at radius 1 is 1.04 bits per heavy atom. The summed E-state index contributed by atoms with van der Waals surface area (Å²) in [5.74, 6) is -0.979. The number of carbonyl (C=O) groups is 2. The van der Waals surface area contributed by atoms with Crippen molar-refractivity contribution in [3.63, 3.8) is 0 Å². The van der Waals surface area contributed by atoms with Gasteiger partial charge in [-0.15, -0.1) is 0 Å². The van der Waals surface area contributed by atoms with E-state index in [-0.39, 0.29) is 17.4 Å². The number of hydrazine groups is 1. The van der Waals surface area contributed by atoms with Gasteiger partial charge in [-0.25, -0.2) is 15.2 Å². The van der Waals surface area contributed by atoms with E-state index >= 15 is 0 Å². The number of anilines is 1. The molecule has 2 aromatic carbocycles. The number of benzene rings is 2. The average molecular weight is 370 g/mol. The molecule has 0 fully saturated rings. The molecule has 0 saturated heterocycles. The molecule has 2 rings (SSSR count). The van der Waals surface area contributed by atoms with Crippen LogP contribution >= 0.6 is 0 Å². The van der Waals surface area contributed by atoms with Crippen LogP contribution in [0.2, 0.25) is 0 Å². The Bertz CT molecular complexity index is 770. The number of nitrogens with zero attached hydrogens (tertiary/aromatic N) is 1. The molecule has 2 aromatic rings. The molecule has 0 heterocycles. The number of carboxylic acids is 1. The topological polar surface area (TPSA) is 89.9 Å². The van der Waals surface area contributed by atoms with Crippen LogP contribution in [0.25, 0.3) is 0 Å². The maximum Gasteiger partial charge on any atom is 0.335 e. The van der Waals surface area contributed by atoms with Crippen molar-refractivity contribution in [1.82, 2.24) is 5.43 Å². The van der Waals surface area contributed by atoms with Gasteiger partial charge in [0.1, 0.15) is 0 Å². The molecule has 6 heteroatoms. The fourth-order valence-corrected chi connectivity index (χ4v) is 2.72. The van der Waals surface area contributed by atoms with Crippen LogP contribution in [0, 0.1) is 5.92 Å². The quantitative estimate of drug-likeness (QED) is 0.621. The van der Waals surface area contributed by atoms with Gasteiger partial charge in [0.25, 0.3) is 0 Å². The van der Waals surface area contributed by atoms with E-state index in [9.17, 15) is 14.7 Å². The van der Waals surface area contributed by atoms with Gasteiger partial charge in [0.15, 0.2) is 0 Å². The number of aromatic carboxylic acids is 1. The third kappa shape index (κ3) is 5.64. The summed E-state index contributed by atoms with van der Waals surface area (Å²) in [5, 5.41) is 20.5. The number of hydrogen-bond acceptors (Lipinski definition) is 4. The van der Waals surface area contributed by atoms with Crippen LogP contribution < -0.4 is 10.4 Å². The second kappa shape index (κ2) is 9.30. The van der Waals surface area contributed by atoms with E-state index < -0.39 is 12.1 Å². The van der Waals surface area contributed by atoms with Crippen molar-refractivity contribution < 1.29 is 19.8 Å². The molecule has 0 aliphatic heterocycles. The lowest BCUT2D eigenvalue weighted by Crippen LogP contribution is -2.42. The van der Waals surface area contributed by atoms with E-state index in [1.807, 2.05) is 26.0 Å². The first kappa shape index (κ1) is 20.6. The number of nitrogens with one attached hydrogen (secondary N) is 1. The number of aliphatic hydroxyl groups is 1. The van der Waals surface area contributed by atoms with Crippen LogP contribution in [0.3, 0.4) is 0 Å². The average Bonchev–Trinajstić information content (AvgIpc) is 2.65. The number of rotatable bonds is 8.